The second-order valence-corrected chi connectivity index (χ2v) is 11.4. The Bertz CT molecular complexity index is 994. The Labute approximate surface area is 198 Å². The van der Waals surface area contributed by atoms with Crippen molar-refractivity contribution in [1.29, 1.82) is 0 Å². The van der Waals surface area contributed by atoms with Crippen molar-refractivity contribution in [2.24, 2.45) is 11.7 Å². The molecule has 4 N–H and O–H groups in total. The van der Waals surface area contributed by atoms with Gasteiger partial charge in [0.1, 0.15) is 0 Å². The van der Waals surface area contributed by atoms with E-state index in [1.807, 2.05) is 0 Å². The van der Waals surface area contributed by atoms with Crippen LogP contribution in [0.15, 0.2) is 35.2 Å². The smallest absolute Gasteiger partial charge is 0.335 e. The Morgan fingerprint density at radius 1 is 1.12 bits per heavy atom. The number of methoxy groups -OCH3 is 1. The van der Waals surface area contributed by atoms with Gasteiger partial charge in [-0.15, -0.1) is 0 Å². The second kappa shape index (κ2) is 11.2. The fraction of sp³-hybridized carbons (Fsp3) is 0.524. The molecule has 33 heavy (non-hydrogen) atoms. The van der Waals surface area contributed by atoms with Crippen LogP contribution < -0.4 is 15.8 Å². The Balaban J connectivity index is 3.19. The van der Waals surface area contributed by atoms with Crippen molar-refractivity contribution in [1.82, 2.24) is 10.0 Å². The monoisotopic (exact) mass is 501 g/mol. The number of amides is 1. The number of Topliss-reactive ketones (excluding diaryl/α,β-unsaturated/α-hetero) is 1. The van der Waals surface area contributed by atoms with E-state index in [1.54, 1.807) is 19.9 Å². The number of hydrogen-bond acceptors (Lipinski definition) is 9. The minimum atomic E-state index is -4.09. The van der Waals surface area contributed by atoms with Crippen LogP contribution in [0.1, 0.15) is 34.6 Å². The molecule has 0 bridgehead atoms. The van der Waals surface area contributed by atoms with E-state index in [0.717, 1.165) is 18.9 Å². The van der Waals surface area contributed by atoms with Gasteiger partial charge in [-0.1, -0.05) is 43.8 Å². The Hall–Kier alpha value is -2.28. The second-order valence-electron chi connectivity index (χ2n) is 8.32. The van der Waals surface area contributed by atoms with Gasteiger partial charge in [-0.05, 0) is 31.9 Å². The predicted molar refractivity (Wildman–Crippen MR) is 125 cm³/mol. The van der Waals surface area contributed by atoms with Gasteiger partial charge in [-0.25, -0.2) is 17.9 Å². The summed E-state index contributed by atoms with van der Waals surface area (Å²) in [6.07, 6.45) is 0. The third kappa shape index (κ3) is 7.36. The maximum absolute atomic E-state index is 13.3. The Morgan fingerprint density at radius 3 is 2.12 bits per heavy atom. The Morgan fingerprint density at radius 2 is 1.67 bits per heavy atom. The molecule has 1 amide bonds. The van der Waals surface area contributed by atoms with Gasteiger partial charge in [0.2, 0.25) is 15.9 Å². The van der Waals surface area contributed by atoms with Crippen molar-refractivity contribution in [2.75, 3.05) is 13.7 Å². The standard InChI is InChI=1S/C21H31N3O7S2/c1-13(2)16(32-14(3)25)17(26)24-20(4,5)18(27)21(22,19(28)31-6)12-23-33(29,30)15-10-8-7-9-11-15/h7-11,13,16,23H,12,22H2,1-6H3,(H,24,26)/t16-,21-/m0/s1. The van der Waals surface area contributed by atoms with Gasteiger partial charge in [0.05, 0.1) is 22.8 Å². The lowest BCUT2D eigenvalue weighted by Crippen LogP contribution is -2.70. The average Bonchev–Trinajstić information content (AvgIpc) is 2.74. The highest BCUT2D eigenvalue weighted by Gasteiger charge is 2.51. The van der Waals surface area contributed by atoms with E-state index in [4.69, 9.17) is 5.73 Å². The largest absolute Gasteiger partial charge is 0.467 e. The van der Waals surface area contributed by atoms with Crippen LogP contribution >= 0.6 is 11.8 Å². The van der Waals surface area contributed by atoms with E-state index in [-0.39, 0.29) is 15.9 Å². The van der Waals surface area contributed by atoms with E-state index in [2.05, 4.69) is 14.8 Å². The SMILES string of the molecule is COC(=O)[C@](N)(CNS(=O)(=O)c1ccccc1)C(=O)C(C)(C)NC(=O)[C@@H](SC(C)=O)C(C)C. The maximum atomic E-state index is 13.3. The molecule has 0 aromatic heterocycles. The zero-order valence-corrected chi connectivity index (χ0v) is 21.1. The number of sulfonamides is 1. The summed E-state index contributed by atoms with van der Waals surface area (Å²) in [6.45, 7) is 6.68. The molecule has 0 radical (unpaired) electrons. The number of nitrogens with two attached hydrogens (primary N) is 1. The zero-order valence-electron chi connectivity index (χ0n) is 19.5. The predicted octanol–water partition coefficient (Wildman–Crippen LogP) is 0.604. The van der Waals surface area contributed by atoms with Crippen molar-refractivity contribution < 1.29 is 32.3 Å². The van der Waals surface area contributed by atoms with E-state index < -0.39 is 50.6 Å². The van der Waals surface area contributed by atoms with Gasteiger partial charge in [-0.3, -0.25) is 14.4 Å². The molecule has 0 saturated heterocycles. The van der Waals surface area contributed by atoms with Gasteiger partial charge < -0.3 is 15.8 Å². The van der Waals surface area contributed by atoms with Crippen LogP contribution in [0, 0.1) is 5.92 Å². The molecule has 0 aliphatic heterocycles. The number of thioether (sulfide) groups is 1. The molecule has 1 rings (SSSR count). The van der Waals surface area contributed by atoms with E-state index in [9.17, 15) is 27.6 Å². The third-order valence-electron chi connectivity index (χ3n) is 4.71. The lowest BCUT2D eigenvalue weighted by molar-refractivity contribution is -0.153. The molecular weight excluding hydrogens is 470 g/mol. The molecule has 0 heterocycles. The summed E-state index contributed by atoms with van der Waals surface area (Å²) in [6, 6.07) is 7.33. The molecule has 12 heteroatoms. The van der Waals surface area contributed by atoms with Crippen molar-refractivity contribution in [3.8, 4) is 0 Å². The first-order valence-electron chi connectivity index (χ1n) is 10.0. The summed E-state index contributed by atoms with van der Waals surface area (Å²) in [4.78, 5) is 50.1. The molecule has 0 aliphatic rings. The highest BCUT2D eigenvalue weighted by Crippen LogP contribution is 2.23. The molecule has 10 nitrogen and oxygen atoms in total. The first-order valence-corrected chi connectivity index (χ1v) is 12.4. The summed E-state index contributed by atoms with van der Waals surface area (Å²) >= 11 is 0.821. The summed E-state index contributed by atoms with van der Waals surface area (Å²) < 4.78 is 32.0. The topological polar surface area (TPSA) is 162 Å². The van der Waals surface area contributed by atoms with Crippen LogP contribution in [0.2, 0.25) is 0 Å². The van der Waals surface area contributed by atoms with Crippen molar-refractivity contribution in [2.45, 2.75) is 55.8 Å². The molecule has 0 saturated carbocycles. The number of carbonyl (C=O) groups is 4. The van der Waals surface area contributed by atoms with Gasteiger partial charge in [0.25, 0.3) is 0 Å². The first kappa shape index (κ1) is 28.8. The molecule has 2 atom stereocenters. The van der Waals surface area contributed by atoms with Gasteiger partial charge in [0.15, 0.2) is 16.4 Å². The average molecular weight is 502 g/mol. The van der Waals surface area contributed by atoms with Crippen molar-refractivity contribution >= 4 is 44.6 Å². The Kier molecular flexibility index (Phi) is 9.79. The molecule has 0 unspecified atom stereocenters. The fourth-order valence-corrected chi connectivity index (χ4v) is 4.88. The van der Waals surface area contributed by atoms with E-state index in [1.165, 1.54) is 45.0 Å². The van der Waals surface area contributed by atoms with E-state index in [0.29, 0.717) is 0 Å². The minimum absolute atomic E-state index is 0.0849. The number of esters is 1. The van der Waals surface area contributed by atoms with Crippen molar-refractivity contribution in [3.63, 3.8) is 0 Å². The molecule has 0 spiro atoms. The number of benzene rings is 1. The van der Waals surface area contributed by atoms with Crippen LogP contribution in [0.5, 0.6) is 0 Å². The van der Waals surface area contributed by atoms with Crippen LogP contribution in [0.25, 0.3) is 0 Å². The summed E-state index contributed by atoms with van der Waals surface area (Å²) in [5.41, 5.74) is 1.97. The minimum Gasteiger partial charge on any atom is -0.467 e. The fourth-order valence-electron chi connectivity index (χ4n) is 2.98. The van der Waals surface area contributed by atoms with Crippen LogP contribution in [0.3, 0.4) is 0 Å². The number of ether oxygens (including phenoxy) is 1. The highest BCUT2D eigenvalue weighted by atomic mass is 32.2. The van der Waals surface area contributed by atoms with E-state index >= 15 is 0 Å². The molecule has 0 aliphatic carbocycles. The number of ketones is 1. The van der Waals surface area contributed by atoms with Gasteiger partial charge in [-0.2, -0.15) is 0 Å². The lowest BCUT2D eigenvalue weighted by Gasteiger charge is -2.35. The quantitative estimate of drug-likeness (QED) is 0.291. The summed E-state index contributed by atoms with van der Waals surface area (Å²) in [5, 5.41) is 1.48. The molecule has 1 aromatic rings. The van der Waals surface area contributed by atoms with Crippen LogP contribution in [-0.2, 0) is 33.9 Å². The zero-order chi connectivity index (χ0) is 25.6. The van der Waals surface area contributed by atoms with Gasteiger partial charge >= 0.3 is 5.97 Å². The van der Waals surface area contributed by atoms with Gasteiger partial charge in [0, 0.05) is 13.5 Å². The number of hydrogen-bond donors (Lipinski definition) is 3. The number of rotatable bonds is 11. The van der Waals surface area contributed by atoms with Crippen LogP contribution in [0.4, 0.5) is 0 Å². The third-order valence-corrected chi connectivity index (χ3v) is 7.47. The summed E-state index contributed by atoms with van der Waals surface area (Å²) in [5.74, 6) is -2.98. The summed E-state index contributed by atoms with van der Waals surface area (Å²) in [7, 11) is -3.09. The normalized spacial score (nSPS) is 14.8. The maximum Gasteiger partial charge on any atom is 0.335 e. The molecule has 1 aromatic carbocycles. The molecule has 184 valence electrons. The van der Waals surface area contributed by atoms with Crippen molar-refractivity contribution in [3.05, 3.63) is 30.3 Å². The van der Waals surface area contributed by atoms with Crippen LogP contribution in [-0.4, -0.2) is 61.2 Å². The molecule has 0 fully saturated rings. The number of carbonyl (C=O) groups excluding carboxylic acids is 4. The first-order chi connectivity index (χ1) is 15.1. The highest BCUT2D eigenvalue weighted by molar-refractivity contribution is 8.14. The lowest BCUT2D eigenvalue weighted by atomic mass is 9.82. The molecular formula is C21H31N3O7S2. The number of nitrogens with one attached hydrogen (secondary N) is 2.